The van der Waals surface area contributed by atoms with Crippen molar-refractivity contribution in [1.29, 1.82) is 0 Å². The molecule has 1 rings (SSSR count). The summed E-state index contributed by atoms with van der Waals surface area (Å²) in [7, 11) is 0. The van der Waals surface area contributed by atoms with Gasteiger partial charge in [-0.3, -0.25) is 4.79 Å². The zero-order valence-electron chi connectivity index (χ0n) is 11.0. The van der Waals surface area contributed by atoms with E-state index in [2.05, 4.69) is 0 Å². The van der Waals surface area contributed by atoms with Gasteiger partial charge in [0, 0.05) is 10.6 Å². The lowest BCUT2D eigenvalue weighted by Gasteiger charge is -2.27. The lowest BCUT2D eigenvalue weighted by atomic mass is 9.95. The predicted octanol–water partition coefficient (Wildman–Crippen LogP) is 2.81. The second kappa shape index (κ2) is 6.25. The maximum atomic E-state index is 10.5. The minimum Gasteiger partial charge on any atom is -0.481 e. The van der Waals surface area contributed by atoms with Crippen molar-refractivity contribution in [2.75, 3.05) is 5.75 Å². The van der Waals surface area contributed by atoms with Gasteiger partial charge in [0.2, 0.25) is 0 Å². The van der Waals surface area contributed by atoms with E-state index in [1.807, 2.05) is 45.0 Å². The number of carboxylic acid groups (broad SMARTS) is 1. The van der Waals surface area contributed by atoms with Gasteiger partial charge in [-0.25, -0.2) is 0 Å². The van der Waals surface area contributed by atoms with Gasteiger partial charge >= 0.3 is 5.97 Å². The van der Waals surface area contributed by atoms with Crippen LogP contribution in [0.5, 0.6) is 0 Å². The highest BCUT2D eigenvalue weighted by molar-refractivity contribution is 7.99. The quantitative estimate of drug-likeness (QED) is 0.779. The Bertz CT molecular complexity index is 396. The second-order valence-corrected chi connectivity index (χ2v) is 6.06. The highest BCUT2D eigenvalue weighted by Gasteiger charge is 2.24. The lowest BCUT2D eigenvalue weighted by molar-refractivity contribution is -0.136. The minimum absolute atomic E-state index is 0.0503. The molecule has 18 heavy (non-hydrogen) atoms. The molecule has 0 saturated heterocycles. The fraction of sp³-hybridized carbons (Fsp3) is 0.500. The topological polar surface area (TPSA) is 57.5 Å². The molecule has 2 N–H and O–H groups in total. The van der Waals surface area contributed by atoms with Crippen molar-refractivity contribution in [2.45, 2.75) is 37.7 Å². The van der Waals surface area contributed by atoms with Crippen molar-refractivity contribution >= 4 is 17.7 Å². The molecule has 4 heteroatoms. The van der Waals surface area contributed by atoms with E-state index in [-0.39, 0.29) is 12.3 Å². The molecule has 0 heterocycles. The molecule has 0 aromatic heterocycles. The van der Waals surface area contributed by atoms with Crippen molar-refractivity contribution in [2.24, 2.45) is 5.92 Å². The van der Waals surface area contributed by atoms with Gasteiger partial charge in [0.1, 0.15) is 0 Å². The van der Waals surface area contributed by atoms with Crippen molar-refractivity contribution in [3.8, 4) is 0 Å². The van der Waals surface area contributed by atoms with Crippen LogP contribution in [0.1, 0.15) is 26.3 Å². The third-order valence-electron chi connectivity index (χ3n) is 3.05. The number of benzene rings is 1. The lowest BCUT2D eigenvalue weighted by Crippen LogP contribution is -2.33. The zero-order valence-corrected chi connectivity index (χ0v) is 11.8. The monoisotopic (exact) mass is 268 g/mol. The van der Waals surface area contributed by atoms with Crippen LogP contribution in [-0.2, 0) is 11.2 Å². The summed E-state index contributed by atoms with van der Waals surface area (Å²) in [6, 6.07) is 7.44. The molecule has 1 unspecified atom stereocenters. The van der Waals surface area contributed by atoms with E-state index in [9.17, 15) is 9.90 Å². The molecule has 0 aliphatic rings. The molecule has 0 spiro atoms. The molecule has 0 bridgehead atoms. The summed E-state index contributed by atoms with van der Waals surface area (Å²) >= 11 is 1.59. The van der Waals surface area contributed by atoms with Gasteiger partial charge in [-0.15, -0.1) is 11.8 Å². The number of aliphatic carboxylic acids is 1. The Kier molecular flexibility index (Phi) is 5.23. The number of aliphatic hydroxyl groups is 1. The first kappa shape index (κ1) is 15.1. The van der Waals surface area contributed by atoms with Crippen molar-refractivity contribution in [3.63, 3.8) is 0 Å². The summed E-state index contributed by atoms with van der Waals surface area (Å²) in [6.45, 7) is 5.83. The Labute approximate surface area is 112 Å². The highest BCUT2D eigenvalue weighted by atomic mass is 32.2. The predicted molar refractivity (Wildman–Crippen MR) is 74.0 cm³/mol. The van der Waals surface area contributed by atoms with Crippen LogP contribution in [0.2, 0.25) is 0 Å². The number of thioether (sulfide) groups is 1. The Morgan fingerprint density at radius 2 is 1.89 bits per heavy atom. The fourth-order valence-electron chi connectivity index (χ4n) is 1.27. The first-order valence-corrected chi connectivity index (χ1v) is 6.96. The first-order valence-electron chi connectivity index (χ1n) is 5.97. The summed E-state index contributed by atoms with van der Waals surface area (Å²) in [4.78, 5) is 11.6. The molecular weight excluding hydrogens is 248 g/mol. The molecule has 100 valence electrons. The largest absolute Gasteiger partial charge is 0.481 e. The van der Waals surface area contributed by atoms with Gasteiger partial charge in [-0.1, -0.05) is 26.0 Å². The van der Waals surface area contributed by atoms with E-state index in [1.54, 1.807) is 11.8 Å². The van der Waals surface area contributed by atoms with Gasteiger partial charge in [-0.05, 0) is 30.5 Å². The van der Waals surface area contributed by atoms with Crippen LogP contribution in [0.25, 0.3) is 0 Å². The summed E-state index contributed by atoms with van der Waals surface area (Å²) in [5.41, 5.74) is 0.104. The molecule has 0 saturated carbocycles. The molecule has 1 aromatic rings. The number of rotatable bonds is 6. The highest BCUT2D eigenvalue weighted by Crippen LogP contribution is 2.27. The molecule has 1 aromatic carbocycles. The molecule has 0 aliphatic heterocycles. The molecule has 0 radical (unpaired) electrons. The van der Waals surface area contributed by atoms with Crippen LogP contribution in [-0.4, -0.2) is 27.5 Å². The Balaban J connectivity index is 2.56. The molecule has 0 aliphatic carbocycles. The number of hydrogen-bond acceptors (Lipinski definition) is 3. The van der Waals surface area contributed by atoms with Crippen LogP contribution < -0.4 is 0 Å². The van der Waals surface area contributed by atoms with Crippen LogP contribution in [0, 0.1) is 5.92 Å². The Morgan fingerprint density at radius 1 is 1.33 bits per heavy atom. The van der Waals surface area contributed by atoms with Crippen LogP contribution in [0.4, 0.5) is 0 Å². The molecule has 0 fully saturated rings. The average molecular weight is 268 g/mol. The average Bonchev–Trinajstić information content (AvgIpc) is 2.27. The smallest absolute Gasteiger partial charge is 0.307 e. The van der Waals surface area contributed by atoms with E-state index < -0.39 is 11.6 Å². The van der Waals surface area contributed by atoms with Crippen molar-refractivity contribution < 1.29 is 15.0 Å². The van der Waals surface area contributed by atoms with Crippen LogP contribution >= 0.6 is 11.8 Å². The molecule has 0 amide bonds. The van der Waals surface area contributed by atoms with E-state index >= 15 is 0 Å². The van der Waals surface area contributed by atoms with Gasteiger partial charge < -0.3 is 10.2 Å². The summed E-state index contributed by atoms with van der Waals surface area (Å²) < 4.78 is 0. The molecule has 1 atom stereocenters. The summed E-state index contributed by atoms with van der Waals surface area (Å²) in [5.74, 6) is 0.0116. The van der Waals surface area contributed by atoms with Gasteiger partial charge in [-0.2, -0.15) is 0 Å². The number of carbonyl (C=O) groups is 1. The van der Waals surface area contributed by atoms with Crippen molar-refractivity contribution in [1.82, 2.24) is 0 Å². The minimum atomic E-state index is -0.821. The van der Waals surface area contributed by atoms with E-state index in [0.29, 0.717) is 5.75 Å². The number of hydrogen-bond donors (Lipinski definition) is 2. The first-order chi connectivity index (χ1) is 8.31. The summed E-state index contributed by atoms with van der Waals surface area (Å²) in [6.07, 6.45) is 0.0503. The third kappa shape index (κ3) is 4.70. The fourth-order valence-corrected chi connectivity index (χ4v) is 2.40. The van der Waals surface area contributed by atoms with Crippen LogP contribution in [0.15, 0.2) is 29.2 Å². The Morgan fingerprint density at radius 3 is 2.33 bits per heavy atom. The normalized spacial score (nSPS) is 14.5. The maximum Gasteiger partial charge on any atom is 0.307 e. The van der Waals surface area contributed by atoms with Gasteiger partial charge in [0.25, 0.3) is 0 Å². The molecular formula is C14H20O3S. The van der Waals surface area contributed by atoms with Crippen molar-refractivity contribution in [3.05, 3.63) is 29.8 Å². The molecule has 3 nitrogen and oxygen atoms in total. The zero-order chi connectivity index (χ0) is 13.8. The second-order valence-electron chi connectivity index (χ2n) is 5.02. The van der Waals surface area contributed by atoms with E-state index in [0.717, 1.165) is 10.5 Å². The third-order valence-corrected chi connectivity index (χ3v) is 4.39. The van der Waals surface area contributed by atoms with Gasteiger partial charge in [0.05, 0.1) is 12.0 Å². The van der Waals surface area contributed by atoms with Gasteiger partial charge in [0.15, 0.2) is 0 Å². The maximum absolute atomic E-state index is 10.5. The SMILES string of the molecule is CC(C)C(C)(O)CSc1ccc(CC(=O)O)cc1. The van der Waals surface area contributed by atoms with E-state index in [4.69, 9.17) is 5.11 Å². The van der Waals surface area contributed by atoms with E-state index in [1.165, 1.54) is 0 Å². The van der Waals surface area contributed by atoms with Crippen LogP contribution in [0.3, 0.4) is 0 Å². The Hall–Kier alpha value is -1.00. The number of carboxylic acids is 1. The summed E-state index contributed by atoms with van der Waals surface area (Å²) in [5, 5.41) is 18.8. The standard InChI is InChI=1S/C14H20O3S/c1-10(2)14(3,17)9-18-12-6-4-11(5-7-12)8-13(15)16/h4-7,10,17H,8-9H2,1-3H3,(H,15,16).